The van der Waals surface area contributed by atoms with Gasteiger partial charge in [0.25, 0.3) is 5.69 Å². The molecule has 1 saturated carbocycles. The molecule has 0 radical (unpaired) electrons. The minimum atomic E-state index is -3.99. The summed E-state index contributed by atoms with van der Waals surface area (Å²) < 4.78 is 26.7. The topological polar surface area (TPSA) is 101 Å². The van der Waals surface area contributed by atoms with E-state index >= 15 is 0 Å². The Kier molecular flexibility index (Phi) is 4.92. The van der Waals surface area contributed by atoms with Gasteiger partial charge in [0.15, 0.2) is 4.90 Å². The molecule has 7 nitrogen and oxygen atoms in total. The minimum absolute atomic E-state index is 0.0426. The molecule has 0 saturated heterocycles. The predicted octanol–water partition coefficient (Wildman–Crippen LogP) is 1.52. The van der Waals surface area contributed by atoms with Crippen LogP contribution >= 0.6 is 0 Å². The molecule has 0 aliphatic heterocycles. The summed E-state index contributed by atoms with van der Waals surface area (Å²) in [5.41, 5.74) is -0.432. The van der Waals surface area contributed by atoms with E-state index in [0.29, 0.717) is 0 Å². The highest BCUT2D eigenvalue weighted by Gasteiger charge is 2.36. The van der Waals surface area contributed by atoms with Gasteiger partial charge in [-0.3, -0.25) is 10.1 Å². The Hall–Kier alpha value is -1.51. The lowest BCUT2D eigenvalue weighted by Gasteiger charge is -2.27. The van der Waals surface area contributed by atoms with E-state index in [4.69, 9.17) is 5.11 Å². The van der Waals surface area contributed by atoms with Crippen LogP contribution in [0.1, 0.15) is 25.7 Å². The maximum absolute atomic E-state index is 12.7. The summed E-state index contributed by atoms with van der Waals surface area (Å²) in [6.45, 7) is -0.352. The van der Waals surface area contributed by atoms with Gasteiger partial charge in [0, 0.05) is 18.7 Å². The van der Waals surface area contributed by atoms with Gasteiger partial charge in [0.1, 0.15) is 0 Å². The molecule has 1 aromatic carbocycles. The third-order valence-corrected chi connectivity index (χ3v) is 5.70. The lowest BCUT2D eigenvalue weighted by molar-refractivity contribution is -0.387. The summed E-state index contributed by atoms with van der Waals surface area (Å²) >= 11 is 0. The van der Waals surface area contributed by atoms with Crippen molar-refractivity contribution in [2.75, 3.05) is 13.2 Å². The molecule has 1 fully saturated rings. The van der Waals surface area contributed by atoms with Crippen LogP contribution in [0.2, 0.25) is 0 Å². The van der Waals surface area contributed by atoms with Gasteiger partial charge in [-0.05, 0) is 18.9 Å². The molecule has 0 aromatic heterocycles. The van der Waals surface area contributed by atoms with Crippen molar-refractivity contribution in [1.82, 2.24) is 4.31 Å². The van der Waals surface area contributed by atoms with E-state index in [1.807, 2.05) is 0 Å². The Morgan fingerprint density at radius 1 is 1.29 bits per heavy atom. The molecule has 1 N–H and O–H groups in total. The monoisotopic (exact) mass is 314 g/mol. The standard InChI is InChI=1S/C13H18N2O5S/c16-10-9-14(11-5-1-2-6-11)21(19,20)13-8-4-3-7-12(13)15(17)18/h3-4,7-8,11,16H,1-2,5-6,9-10H2. The van der Waals surface area contributed by atoms with E-state index in [0.717, 1.165) is 25.7 Å². The number of nitrogens with zero attached hydrogens (tertiary/aromatic N) is 2. The molecule has 0 heterocycles. The second kappa shape index (κ2) is 6.50. The Morgan fingerprint density at radius 2 is 1.90 bits per heavy atom. The van der Waals surface area contributed by atoms with Gasteiger partial charge in [-0.15, -0.1) is 0 Å². The fourth-order valence-electron chi connectivity index (χ4n) is 2.74. The van der Waals surface area contributed by atoms with Crippen LogP contribution in [-0.2, 0) is 10.0 Å². The van der Waals surface area contributed by atoms with Crippen LogP contribution in [0.15, 0.2) is 29.2 Å². The molecule has 0 amide bonds. The van der Waals surface area contributed by atoms with Crippen molar-refractivity contribution in [2.24, 2.45) is 0 Å². The highest BCUT2D eigenvalue weighted by atomic mass is 32.2. The van der Waals surface area contributed by atoms with Crippen LogP contribution in [0.5, 0.6) is 0 Å². The van der Waals surface area contributed by atoms with E-state index in [1.165, 1.54) is 28.6 Å². The van der Waals surface area contributed by atoms with Gasteiger partial charge in [-0.25, -0.2) is 8.42 Å². The number of para-hydroxylation sites is 1. The summed E-state index contributed by atoms with van der Waals surface area (Å²) in [6, 6.07) is 5.13. The van der Waals surface area contributed by atoms with Crippen LogP contribution < -0.4 is 0 Å². The van der Waals surface area contributed by atoms with Crippen LogP contribution in [0, 0.1) is 10.1 Å². The molecule has 0 atom stereocenters. The number of aliphatic hydroxyl groups excluding tert-OH is 1. The van der Waals surface area contributed by atoms with E-state index in [1.54, 1.807) is 0 Å². The summed E-state index contributed by atoms with van der Waals surface area (Å²) in [6.07, 6.45) is 3.30. The number of aliphatic hydroxyl groups is 1. The second-order valence-electron chi connectivity index (χ2n) is 5.00. The van der Waals surface area contributed by atoms with Crippen molar-refractivity contribution in [2.45, 2.75) is 36.6 Å². The number of nitro groups is 1. The van der Waals surface area contributed by atoms with Crippen molar-refractivity contribution in [3.05, 3.63) is 34.4 Å². The van der Waals surface area contributed by atoms with Gasteiger partial charge < -0.3 is 5.11 Å². The third kappa shape index (κ3) is 3.22. The molecule has 0 unspecified atom stereocenters. The quantitative estimate of drug-likeness (QED) is 0.633. The SMILES string of the molecule is O=[N+]([O-])c1ccccc1S(=O)(=O)N(CCO)C1CCCC1. The number of rotatable bonds is 6. The Labute approximate surface area is 123 Å². The number of sulfonamides is 1. The van der Waals surface area contributed by atoms with Gasteiger partial charge in [0.2, 0.25) is 10.0 Å². The molecule has 1 aromatic rings. The molecule has 8 heteroatoms. The second-order valence-corrected chi connectivity index (χ2v) is 6.86. The summed E-state index contributed by atoms with van der Waals surface area (Å²) in [5, 5.41) is 20.2. The predicted molar refractivity (Wildman–Crippen MR) is 76.3 cm³/mol. The lowest BCUT2D eigenvalue weighted by atomic mass is 10.2. The summed E-state index contributed by atoms with van der Waals surface area (Å²) in [5.74, 6) is 0. The summed E-state index contributed by atoms with van der Waals surface area (Å²) in [7, 11) is -3.99. The van der Waals surface area contributed by atoms with E-state index in [2.05, 4.69) is 0 Å². The first-order valence-corrected chi connectivity index (χ1v) is 8.28. The maximum Gasteiger partial charge on any atom is 0.289 e. The van der Waals surface area contributed by atoms with Crippen molar-refractivity contribution >= 4 is 15.7 Å². The molecule has 0 spiro atoms. The van der Waals surface area contributed by atoms with E-state index in [9.17, 15) is 18.5 Å². The first-order valence-electron chi connectivity index (χ1n) is 6.84. The van der Waals surface area contributed by atoms with Crippen LogP contribution in [0.3, 0.4) is 0 Å². The molecule has 1 aliphatic carbocycles. The van der Waals surface area contributed by atoms with E-state index < -0.39 is 20.6 Å². The Balaban J connectivity index is 2.45. The fourth-order valence-corrected chi connectivity index (χ4v) is 4.58. The minimum Gasteiger partial charge on any atom is -0.395 e. The largest absolute Gasteiger partial charge is 0.395 e. The average molecular weight is 314 g/mol. The van der Waals surface area contributed by atoms with Crippen molar-refractivity contribution in [3.63, 3.8) is 0 Å². The van der Waals surface area contributed by atoms with Crippen molar-refractivity contribution in [1.29, 1.82) is 0 Å². The third-order valence-electron chi connectivity index (χ3n) is 3.70. The van der Waals surface area contributed by atoms with Crippen LogP contribution in [-0.4, -0.2) is 41.9 Å². The van der Waals surface area contributed by atoms with Crippen molar-refractivity contribution < 1.29 is 18.4 Å². The molecule has 21 heavy (non-hydrogen) atoms. The highest BCUT2D eigenvalue weighted by Crippen LogP contribution is 2.32. The highest BCUT2D eigenvalue weighted by molar-refractivity contribution is 7.89. The van der Waals surface area contributed by atoms with Crippen molar-refractivity contribution in [3.8, 4) is 0 Å². The van der Waals surface area contributed by atoms with Gasteiger partial charge in [-0.1, -0.05) is 25.0 Å². The van der Waals surface area contributed by atoms with Gasteiger partial charge in [0.05, 0.1) is 11.5 Å². The van der Waals surface area contributed by atoms with Crippen LogP contribution in [0.4, 0.5) is 5.69 Å². The molecule has 116 valence electrons. The molecular weight excluding hydrogens is 296 g/mol. The molecule has 0 bridgehead atoms. The number of hydrogen-bond acceptors (Lipinski definition) is 5. The number of benzene rings is 1. The zero-order valence-electron chi connectivity index (χ0n) is 11.5. The molecule has 1 aliphatic rings. The summed E-state index contributed by atoms with van der Waals surface area (Å²) in [4.78, 5) is 10.0. The lowest BCUT2D eigenvalue weighted by Crippen LogP contribution is -2.40. The Morgan fingerprint density at radius 3 is 2.48 bits per heavy atom. The van der Waals surface area contributed by atoms with E-state index in [-0.39, 0.29) is 24.1 Å². The number of nitro benzene ring substituents is 1. The van der Waals surface area contributed by atoms with Gasteiger partial charge in [-0.2, -0.15) is 4.31 Å². The van der Waals surface area contributed by atoms with Crippen LogP contribution in [0.25, 0.3) is 0 Å². The molecular formula is C13H18N2O5S. The van der Waals surface area contributed by atoms with Gasteiger partial charge >= 0.3 is 0 Å². The fraction of sp³-hybridized carbons (Fsp3) is 0.538. The normalized spacial score (nSPS) is 16.5. The average Bonchev–Trinajstić information content (AvgIpc) is 2.98. The zero-order valence-corrected chi connectivity index (χ0v) is 12.3. The molecule has 2 rings (SSSR count). The zero-order chi connectivity index (χ0) is 15.5. The first-order chi connectivity index (χ1) is 9.98. The first kappa shape index (κ1) is 15.9. The maximum atomic E-state index is 12.7. The Bertz CT molecular complexity index is 611. The smallest absolute Gasteiger partial charge is 0.289 e. The number of hydrogen-bond donors (Lipinski definition) is 1.